The van der Waals surface area contributed by atoms with Gasteiger partial charge in [0.2, 0.25) is 10.0 Å². The summed E-state index contributed by atoms with van der Waals surface area (Å²) in [4.78, 5) is 13.4. The first kappa shape index (κ1) is 19.1. The average molecular weight is 394 g/mol. The molecule has 3 rings (SSSR count). The number of carbonyl (C=O) groups excluding carboxylic acids is 1. The number of nitrogens with one attached hydrogen (secondary N) is 1. The molecule has 1 saturated heterocycles. The number of carbonyl (C=O) groups is 1. The highest BCUT2D eigenvalue weighted by Gasteiger charge is 2.20. The summed E-state index contributed by atoms with van der Waals surface area (Å²) < 4.78 is 50.0. The maximum Gasteiger partial charge on any atom is 0.253 e. The van der Waals surface area contributed by atoms with Crippen LogP contribution in [0.5, 0.6) is 5.75 Å². The molecule has 0 unspecified atom stereocenters. The Morgan fingerprint density at radius 3 is 2.48 bits per heavy atom. The van der Waals surface area contributed by atoms with Crippen LogP contribution in [0, 0.1) is 5.82 Å². The van der Waals surface area contributed by atoms with Crippen LogP contribution in [0.2, 0.25) is 0 Å². The fraction of sp³-hybridized carbons (Fsp3) is 0.278. The molecule has 144 valence electrons. The Bertz CT molecular complexity index is 885. The third-order valence-corrected chi connectivity index (χ3v) is 5.12. The second kappa shape index (κ2) is 8.36. The van der Waals surface area contributed by atoms with Crippen LogP contribution in [0.15, 0.2) is 48.5 Å². The Morgan fingerprint density at radius 1 is 1.11 bits per heavy atom. The molecule has 0 radical (unpaired) electrons. The van der Waals surface area contributed by atoms with Gasteiger partial charge in [0.1, 0.15) is 30.5 Å². The fourth-order valence-electron chi connectivity index (χ4n) is 2.53. The molecular weight excluding hydrogens is 375 g/mol. The summed E-state index contributed by atoms with van der Waals surface area (Å²) in [5.74, 6) is -0.383. The van der Waals surface area contributed by atoms with Crippen molar-refractivity contribution in [1.82, 2.24) is 0 Å². The number of anilines is 2. The zero-order chi connectivity index (χ0) is 19.3. The number of halogens is 1. The van der Waals surface area contributed by atoms with Crippen molar-refractivity contribution in [2.75, 3.05) is 41.7 Å². The van der Waals surface area contributed by atoms with Crippen LogP contribution in [-0.4, -0.2) is 46.4 Å². The monoisotopic (exact) mass is 394 g/mol. The molecule has 0 aromatic heterocycles. The third kappa shape index (κ3) is 5.41. The highest BCUT2D eigenvalue weighted by atomic mass is 32.2. The first-order valence-electron chi connectivity index (χ1n) is 8.30. The van der Waals surface area contributed by atoms with Gasteiger partial charge in [0.25, 0.3) is 5.91 Å². The van der Waals surface area contributed by atoms with Gasteiger partial charge in [-0.25, -0.2) is 12.8 Å². The predicted molar refractivity (Wildman–Crippen MR) is 98.9 cm³/mol. The molecule has 0 saturated carbocycles. The van der Waals surface area contributed by atoms with Gasteiger partial charge in [0.05, 0.1) is 6.61 Å². The number of hydrogen-bond donors (Lipinski definition) is 1. The standard InChI is InChI=1S/C18H19FN2O5S/c19-14-1-7-17(8-2-14)26-11-12-27(23,24)20-15-3-5-16(6-4-15)21-9-10-25-13-18(21)22/h1-8,20H,9-13H2. The highest BCUT2D eigenvalue weighted by molar-refractivity contribution is 7.92. The van der Waals surface area contributed by atoms with Gasteiger partial charge in [0.15, 0.2) is 0 Å². The van der Waals surface area contributed by atoms with Crippen molar-refractivity contribution in [3.05, 3.63) is 54.3 Å². The van der Waals surface area contributed by atoms with E-state index in [0.717, 1.165) is 0 Å². The van der Waals surface area contributed by atoms with Crippen molar-refractivity contribution in [3.8, 4) is 5.75 Å². The second-order valence-corrected chi connectivity index (χ2v) is 7.71. The number of benzene rings is 2. The van der Waals surface area contributed by atoms with Gasteiger partial charge in [-0.2, -0.15) is 0 Å². The van der Waals surface area contributed by atoms with E-state index >= 15 is 0 Å². The lowest BCUT2D eigenvalue weighted by atomic mass is 10.2. The second-order valence-electron chi connectivity index (χ2n) is 5.87. The predicted octanol–water partition coefficient (Wildman–Crippen LogP) is 2.01. The molecule has 7 nitrogen and oxygen atoms in total. The topological polar surface area (TPSA) is 84.9 Å². The number of rotatable bonds is 7. The third-order valence-electron chi connectivity index (χ3n) is 3.87. The van der Waals surface area contributed by atoms with E-state index < -0.39 is 10.0 Å². The first-order valence-corrected chi connectivity index (χ1v) is 9.95. The molecule has 1 fully saturated rings. The average Bonchev–Trinajstić information content (AvgIpc) is 2.64. The largest absolute Gasteiger partial charge is 0.492 e. The van der Waals surface area contributed by atoms with Crippen molar-refractivity contribution >= 4 is 27.3 Å². The van der Waals surface area contributed by atoms with Crippen molar-refractivity contribution in [1.29, 1.82) is 0 Å². The number of sulfonamides is 1. The lowest BCUT2D eigenvalue weighted by Gasteiger charge is -2.26. The minimum absolute atomic E-state index is 0.0441. The van der Waals surface area contributed by atoms with Gasteiger partial charge in [-0.05, 0) is 48.5 Å². The van der Waals surface area contributed by atoms with Gasteiger partial charge < -0.3 is 14.4 Å². The SMILES string of the molecule is O=C1COCCN1c1ccc(NS(=O)(=O)CCOc2ccc(F)cc2)cc1. The van der Waals surface area contributed by atoms with E-state index in [2.05, 4.69) is 4.72 Å². The van der Waals surface area contributed by atoms with Crippen LogP contribution >= 0.6 is 0 Å². The quantitative estimate of drug-likeness (QED) is 0.777. The molecule has 1 heterocycles. The number of morpholine rings is 1. The maximum absolute atomic E-state index is 12.8. The summed E-state index contributed by atoms with van der Waals surface area (Å²) in [6.45, 7) is 0.905. The van der Waals surface area contributed by atoms with Crippen LogP contribution in [-0.2, 0) is 19.6 Å². The van der Waals surface area contributed by atoms with E-state index in [-0.39, 0.29) is 30.7 Å². The summed E-state index contributed by atoms with van der Waals surface area (Å²) in [5, 5.41) is 0. The summed E-state index contributed by atoms with van der Waals surface area (Å²) >= 11 is 0. The molecule has 27 heavy (non-hydrogen) atoms. The van der Waals surface area contributed by atoms with Gasteiger partial charge in [-0.1, -0.05) is 0 Å². The Morgan fingerprint density at radius 2 is 1.81 bits per heavy atom. The summed E-state index contributed by atoms with van der Waals surface area (Å²) in [6, 6.07) is 11.9. The van der Waals surface area contributed by atoms with Crippen LogP contribution in [0.3, 0.4) is 0 Å². The fourth-order valence-corrected chi connectivity index (χ4v) is 3.43. The Kier molecular flexibility index (Phi) is 5.92. The van der Waals surface area contributed by atoms with Gasteiger partial charge >= 0.3 is 0 Å². The zero-order valence-electron chi connectivity index (χ0n) is 14.4. The molecule has 0 aliphatic carbocycles. The van der Waals surface area contributed by atoms with Crippen molar-refractivity contribution < 1.29 is 27.1 Å². The molecule has 1 N–H and O–H groups in total. The van der Waals surface area contributed by atoms with Crippen LogP contribution in [0.4, 0.5) is 15.8 Å². The number of amides is 1. The van der Waals surface area contributed by atoms with E-state index in [0.29, 0.717) is 30.3 Å². The zero-order valence-corrected chi connectivity index (χ0v) is 15.2. The van der Waals surface area contributed by atoms with E-state index in [1.165, 1.54) is 24.3 Å². The summed E-state index contributed by atoms with van der Waals surface area (Å²) in [5.41, 5.74) is 1.08. The number of nitrogens with zero attached hydrogens (tertiary/aromatic N) is 1. The normalized spacial score (nSPS) is 14.9. The summed E-state index contributed by atoms with van der Waals surface area (Å²) in [6.07, 6.45) is 0. The lowest BCUT2D eigenvalue weighted by molar-refractivity contribution is -0.125. The molecule has 0 bridgehead atoms. The highest BCUT2D eigenvalue weighted by Crippen LogP contribution is 2.20. The minimum Gasteiger partial charge on any atom is -0.492 e. The van der Waals surface area contributed by atoms with Crippen LogP contribution < -0.4 is 14.4 Å². The maximum atomic E-state index is 12.8. The number of ether oxygens (including phenoxy) is 2. The number of hydrogen-bond acceptors (Lipinski definition) is 5. The van der Waals surface area contributed by atoms with Gasteiger partial charge in [0, 0.05) is 17.9 Å². The van der Waals surface area contributed by atoms with Crippen molar-refractivity contribution in [3.63, 3.8) is 0 Å². The van der Waals surface area contributed by atoms with Gasteiger partial charge in [-0.3, -0.25) is 9.52 Å². The molecule has 2 aromatic carbocycles. The van der Waals surface area contributed by atoms with Gasteiger partial charge in [-0.15, -0.1) is 0 Å². The Balaban J connectivity index is 1.53. The Labute approximate surface area is 156 Å². The summed E-state index contributed by atoms with van der Waals surface area (Å²) in [7, 11) is -3.61. The molecule has 2 aromatic rings. The molecule has 1 aliphatic heterocycles. The smallest absolute Gasteiger partial charge is 0.253 e. The Hall–Kier alpha value is -2.65. The van der Waals surface area contributed by atoms with Crippen LogP contribution in [0.25, 0.3) is 0 Å². The van der Waals surface area contributed by atoms with E-state index in [1.54, 1.807) is 29.2 Å². The molecule has 1 amide bonds. The van der Waals surface area contributed by atoms with E-state index in [9.17, 15) is 17.6 Å². The minimum atomic E-state index is -3.61. The van der Waals surface area contributed by atoms with Crippen LogP contribution in [0.1, 0.15) is 0 Å². The molecule has 0 spiro atoms. The molecule has 1 aliphatic rings. The van der Waals surface area contributed by atoms with E-state index in [1.807, 2.05) is 0 Å². The molecular formula is C18H19FN2O5S. The van der Waals surface area contributed by atoms with Crippen molar-refractivity contribution in [2.24, 2.45) is 0 Å². The van der Waals surface area contributed by atoms with E-state index in [4.69, 9.17) is 9.47 Å². The molecule has 9 heteroatoms. The first-order chi connectivity index (χ1) is 12.9. The molecule has 0 atom stereocenters. The van der Waals surface area contributed by atoms with Crippen molar-refractivity contribution in [2.45, 2.75) is 0 Å². The lowest BCUT2D eigenvalue weighted by Crippen LogP contribution is -2.41.